The second-order valence-electron chi connectivity index (χ2n) is 9.21. The first kappa shape index (κ1) is 32.5. The third-order valence-corrected chi connectivity index (χ3v) is 10.9. The number of anilines is 1. The zero-order valence-corrected chi connectivity index (χ0v) is 25.9. The van der Waals surface area contributed by atoms with Gasteiger partial charge in [-0.1, -0.05) is 13.8 Å². The summed E-state index contributed by atoms with van der Waals surface area (Å²) in [5, 5.41) is 41.3. The predicted molar refractivity (Wildman–Crippen MR) is 163 cm³/mol. The van der Waals surface area contributed by atoms with Crippen LogP contribution in [0.4, 0.5) is 28.4 Å². The fourth-order valence-electron chi connectivity index (χ4n) is 4.04. The highest BCUT2D eigenvalue weighted by Crippen LogP contribution is 2.44. The number of fused-ring (bicyclic) bond motifs is 1. The highest BCUT2D eigenvalue weighted by Gasteiger charge is 2.24. The predicted octanol–water partition coefficient (Wildman–Crippen LogP) is 5.96. The van der Waals surface area contributed by atoms with Crippen LogP contribution >= 0.6 is 0 Å². The van der Waals surface area contributed by atoms with Gasteiger partial charge in [0.15, 0.2) is 31.2 Å². The number of benzene rings is 4. The molecular weight excluding hydrogens is 635 g/mol. The number of aromatic hydroxyl groups is 2. The van der Waals surface area contributed by atoms with Crippen LogP contribution in [0.25, 0.3) is 10.8 Å². The third kappa shape index (κ3) is 6.54. The number of hydrogen-bond donors (Lipinski definition) is 4. The van der Waals surface area contributed by atoms with Crippen molar-refractivity contribution in [3.8, 4) is 11.5 Å². The molecule has 0 atom stereocenters. The first-order valence-corrected chi connectivity index (χ1v) is 17.6. The highest BCUT2D eigenvalue weighted by atomic mass is 32.2. The molecule has 44 heavy (non-hydrogen) atoms. The summed E-state index contributed by atoms with van der Waals surface area (Å²) in [7, 11) is -10.7. The number of sulfone groups is 2. The fraction of sp³-hybridized carbons (Fsp3) is 0.185. The van der Waals surface area contributed by atoms with Gasteiger partial charge in [0, 0.05) is 17.8 Å². The molecule has 0 spiro atoms. The highest BCUT2D eigenvalue weighted by molar-refractivity contribution is 7.91. The number of nitrogens with zero attached hydrogens (tertiary/aromatic N) is 4. The summed E-state index contributed by atoms with van der Waals surface area (Å²) in [5.41, 5.74) is 0.565. The average molecular weight is 662 g/mol. The topological polar surface area (TPSA) is 225 Å². The van der Waals surface area contributed by atoms with E-state index in [1.807, 2.05) is 0 Å². The normalized spacial score (nSPS) is 12.8. The van der Waals surface area contributed by atoms with Crippen molar-refractivity contribution in [1.82, 2.24) is 0 Å². The minimum Gasteiger partial charge on any atom is -0.505 e. The molecular formula is C27H27N5O9S3. The van der Waals surface area contributed by atoms with Crippen LogP contribution in [0.5, 0.6) is 11.5 Å². The molecule has 0 radical (unpaired) electrons. The maximum absolute atomic E-state index is 12.4. The Morgan fingerprint density at radius 1 is 0.659 bits per heavy atom. The number of hydrogen-bond acceptors (Lipinski definition) is 13. The van der Waals surface area contributed by atoms with Gasteiger partial charge in [0.2, 0.25) is 0 Å². The third-order valence-electron chi connectivity index (χ3n) is 6.54. The number of phenolic OH excluding ortho intramolecular Hbond substituents is 2. The van der Waals surface area contributed by atoms with Crippen LogP contribution in [0.3, 0.4) is 0 Å². The standard InChI is InChI=1S/C27H27N5O9S3/c1-4-42(35,36)17-8-6-16(7-9-17)29-32-25-19-10-13-22(26(33)20(19)11-12-21(25)28-3)30-31-23-14-18(43(37,38)5-2)15-24(27(23)34)44(39,40)41/h6-15,28,33-34H,4-5H2,1-3H3,(H,39,40,41). The molecule has 4 rings (SSSR count). The molecule has 0 aromatic heterocycles. The minimum absolute atomic E-state index is 0.0413. The van der Waals surface area contributed by atoms with Crippen LogP contribution < -0.4 is 5.32 Å². The van der Waals surface area contributed by atoms with Crippen LogP contribution in [0.1, 0.15) is 13.8 Å². The lowest BCUT2D eigenvalue weighted by Gasteiger charge is -2.11. The van der Waals surface area contributed by atoms with Crippen molar-refractivity contribution in [2.24, 2.45) is 20.5 Å². The fourth-order valence-corrected chi connectivity index (χ4v) is 6.55. The molecule has 0 amide bonds. The number of nitrogens with one attached hydrogen (secondary N) is 1. The Bertz CT molecular complexity index is 2150. The van der Waals surface area contributed by atoms with Gasteiger partial charge in [-0.2, -0.15) is 13.5 Å². The number of azo groups is 2. The first-order chi connectivity index (χ1) is 20.6. The van der Waals surface area contributed by atoms with E-state index >= 15 is 0 Å². The van der Waals surface area contributed by atoms with Crippen LogP contribution in [-0.2, 0) is 29.8 Å². The van der Waals surface area contributed by atoms with E-state index < -0.39 is 56.8 Å². The number of rotatable bonds is 10. The van der Waals surface area contributed by atoms with E-state index in [1.54, 1.807) is 32.2 Å². The van der Waals surface area contributed by atoms with Gasteiger partial charge < -0.3 is 15.5 Å². The lowest BCUT2D eigenvalue weighted by molar-refractivity contribution is 0.443. The molecule has 232 valence electrons. The van der Waals surface area contributed by atoms with E-state index in [1.165, 1.54) is 37.3 Å². The summed E-state index contributed by atoms with van der Waals surface area (Å²) in [6.45, 7) is 2.87. The maximum atomic E-state index is 12.4. The Labute approximate surface area is 253 Å². The Morgan fingerprint density at radius 3 is 1.84 bits per heavy atom. The quantitative estimate of drug-likeness (QED) is 0.115. The Morgan fingerprint density at radius 2 is 1.25 bits per heavy atom. The molecule has 17 heteroatoms. The molecule has 0 unspecified atom stereocenters. The lowest BCUT2D eigenvalue weighted by Crippen LogP contribution is -2.06. The molecule has 4 N–H and O–H groups in total. The molecule has 0 bridgehead atoms. The summed E-state index contributed by atoms with van der Waals surface area (Å²) in [4.78, 5) is -1.42. The molecule has 0 aliphatic rings. The summed E-state index contributed by atoms with van der Waals surface area (Å²) < 4.78 is 82.0. The summed E-state index contributed by atoms with van der Waals surface area (Å²) in [6.07, 6.45) is 0. The minimum atomic E-state index is -5.03. The van der Waals surface area contributed by atoms with Gasteiger partial charge in [0.25, 0.3) is 10.1 Å². The summed E-state index contributed by atoms with van der Waals surface area (Å²) >= 11 is 0. The summed E-state index contributed by atoms with van der Waals surface area (Å²) in [5.74, 6) is -1.84. The largest absolute Gasteiger partial charge is 0.505 e. The molecule has 14 nitrogen and oxygen atoms in total. The van der Waals surface area contributed by atoms with Crippen LogP contribution in [0, 0.1) is 0 Å². The van der Waals surface area contributed by atoms with Crippen molar-refractivity contribution in [2.45, 2.75) is 28.5 Å². The molecule has 0 heterocycles. The zero-order valence-electron chi connectivity index (χ0n) is 23.5. The van der Waals surface area contributed by atoms with Gasteiger partial charge in [-0.3, -0.25) is 4.55 Å². The maximum Gasteiger partial charge on any atom is 0.298 e. The van der Waals surface area contributed by atoms with Crippen molar-refractivity contribution in [2.75, 3.05) is 23.9 Å². The second-order valence-corrected chi connectivity index (χ2v) is 15.2. The van der Waals surface area contributed by atoms with Crippen molar-refractivity contribution < 1.29 is 40.0 Å². The van der Waals surface area contributed by atoms with Crippen LogP contribution in [0.15, 0.2) is 95.8 Å². The second kappa shape index (κ2) is 12.3. The average Bonchev–Trinajstić information content (AvgIpc) is 2.99. The Hall–Kier alpha value is -4.45. The molecule has 4 aromatic rings. The SMILES string of the molecule is CCS(=O)(=O)c1ccc(N=Nc2c(NC)ccc3c(O)c(N=Nc4cc(S(=O)(=O)CC)cc(S(=O)(=O)O)c4O)ccc23)cc1. The molecule has 0 fully saturated rings. The van der Waals surface area contributed by atoms with E-state index in [0.29, 0.717) is 28.5 Å². The summed E-state index contributed by atoms with van der Waals surface area (Å²) in [6, 6.07) is 13.5. The van der Waals surface area contributed by atoms with Crippen molar-refractivity contribution >= 4 is 69.0 Å². The van der Waals surface area contributed by atoms with E-state index in [-0.39, 0.29) is 27.5 Å². The molecule has 0 saturated carbocycles. The van der Waals surface area contributed by atoms with Crippen LogP contribution in [0.2, 0.25) is 0 Å². The van der Waals surface area contributed by atoms with Gasteiger partial charge in [0.1, 0.15) is 22.0 Å². The van der Waals surface area contributed by atoms with E-state index in [9.17, 15) is 40.0 Å². The van der Waals surface area contributed by atoms with Crippen molar-refractivity contribution in [1.29, 1.82) is 0 Å². The first-order valence-electron chi connectivity index (χ1n) is 12.8. The molecule has 0 aliphatic carbocycles. The van der Waals surface area contributed by atoms with Crippen molar-refractivity contribution in [3.63, 3.8) is 0 Å². The van der Waals surface area contributed by atoms with Crippen LogP contribution in [-0.4, -0.2) is 58.6 Å². The van der Waals surface area contributed by atoms with Crippen molar-refractivity contribution in [3.05, 3.63) is 60.7 Å². The van der Waals surface area contributed by atoms with Gasteiger partial charge in [-0.25, -0.2) is 16.8 Å². The monoisotopic (exact) mass is 661 g/mol. The van der Waals surface area contributed by atoms with E-state index in [2.05, 4.69) is 25.8 Å². The van der Waals surface area contributed by atoms with Gasteiger partial charge >= 0.3 is 0 Å². The van der Waals surface area contributed by atoms with Gasteiger partial charge in [-0.15, -0.1) is 15.3 Å². The van der Waals surface area contributed by atoms with E-state index in [0.717, 1.165) is 6.07 Å². The Balaban J connectivity index is 1.78. The molecule has 0 saturated heterocycles. The zero-order chi connectivity index (χ0) is 32.4. The smallest absolute Gasteiger partial charge is 0.298 e. The van der Waals surface area contributed by atoms with E-state index in [4.69, 9.17) is 0 Å². The molecule has 0 aliphatic heterocycles. The number of phenols is 2. The Kier molecular flexibility index (Phi) is 9.06. The van der Waals surface area contributed by atoms with Gasteiger partial charge in [0.05, 0.1) is 32.7 Å². The molecule has 4 aromatic carbocycles. The lowest BCUT2D eigenvalue weighted by atomic mass is 10.1. The van der Waals surface area contributed by atoms with Gasteiger partial charge in [-0.05, 0) is 60.7 Å².